The van der Waals surface area contributed by atoms with Gasteiger partial charge in [0.25, 0.3) is 0 Å². The Balaban J connectivity index is 2.28. The van der Waals surface area contributed by atoms with Crippen LogP contribution in [-0.4, -0.2) is 18.4 Å². The van der Waals surface area contributed by atoms with E-state index in [9.17, 15) is 9.59 Å². The van der Waals surface area contributed by atoms with Gasteiger partial charge in [0.05, 0.1) is 17.7 Å². The lowest BCUT2D eigenvalue weighted by atomic mass is 10.1. The van der Waals surface area contributed by atoms with Crippen molar-refractivity contribution in [1.29, 1.82) is 0 Å². The molecule has 0 bridgehead atoms. The van der Waals surface area contributed by atoms with E-state index in [2.05, 4.69) is 0 Å². The fraction of sp³-hybridized carbons (Fsp3) is 0.250. The largest absolute Gasteiger partial charge is 0.462 e. The highest BCUT2D eigenvalue weighted by molar-refractivity contribution is 5.96. The molecule has 0 unspecified atom stereocenters. The maximum atomic E-state index is 11.5. The van der Waals surface area contributed by atoms with E-state index in [-0.39, 0.29) is 11.8 Å². The van der Waals surface area contributed by atoms with Gasteiger partial charge in [-0.15, -0.1) is 0 Å². The molecule has 20 heavy (non-hydrogen) atoms. The molecule has 0 saturated heterocycles. The lowest BCUT2D eigenvalue weighted by Gasteiger charge is -2.02. The Morgan fingerprint density at radius 2 is 1.85 bits per heavy atom. The molecular formula is C16H16O4. The summed E-state index contributed by atoms with van der Waals surface area (Å²) in [5.74, 6) is 0.838. The third-order valence-corrected chi connectivity index (χ3v) is 2.98. The number of rotatable bonds is 4. The molecule has 4 heteroatoms. The van der Waals surface area contributed by atoms with Crippen LogP contribution in [0.2, 0.25) is 0 Å². The Labute approximate surface area is 117 Å². The monoisotopic (exact) mass is 272 g/mol. The van der Waals surface area contributed by atoms with Crippen molar-refractivity contribution in [3.05, 3.63) is 47.2 Å². The van der Waals surface area contributed by atoms with Crippen molar-refractivity contribution >= 4 is 11.8 Å². The number of aryl methyl sites for hydroxylation is 1. The van der Waals surface area contributed by atoms with Gasteiger partial charge in [-0.3, -0.25) is 4.79 Å². The summed E-state index contributed by atoms with van der Waals surface area (Å²) in [7, 11) is 0. The van der Waals surface area contributed by atoms with Gasteiger partial charge in [-0.1, -0.05) is 12.1 Å². The van der Waals surface area contributed by atoms with Gasteiger partial charge in [0, 0.05) is 5.56 Å². The Hall–Kier alpha value is -2.36. The molecule has 0 aliphatic rings. The van der Waals surface area contributed by atoms with Crippen LogP contribution in [0.25, 0.3) is 11.3 Å². The Kier molecular flexibility index (Phi) is 4.03. The van der Waals surface area contributed by atoms with Crippen molar-refractivity contribution < 1.29 is 18.7 Å². The average molecular weight is 272 g/mol. The molecule has 0 saturated carbocycles. The molecule has 1 aromatic carbocycles. The van der Waals surface area contributed by atoms with E-state index >= 15 is 0 Å². The number of benzene rings is 1. The van der Waals surface area contributed by atoms with Crippen LogP contribution in [0.1, 0.15) is 40.3 Å². The Morgan fingerprint density at radius 1 is 1.20 bits per heavy atom. The molecule has 0 aliphatic heterocycles. The molecule has 0 spiro atoms. The van der Waals surface area contributed by atoms with Crippen LogP contribution in [-0.2, 0) is 4.74 Å². The molecule has 0 atom stereocenters. The van der Waals surface area contributed by atoms with Gasteiger partial charge >= 0.3 is 5.97 Å². The second-order valence-corrected chi connectivity index (χ2v) is 4.43. The number of esters is 1. The van der Waals surface area contributed by atoms with E-state index in [0.717, 1.165) is 5.56 Å². The van der Waals surface area contributed by atoms with Crippen molar-refractivity contribution in [3.8, 4) is 11.3 Å². The first-order valence-corrected chi connectivity index (χ1v) is 6.42. The molecule has 0 amide bonds. The van der Waals surface area contributed by atoms with Gasteiger partial charge < -0.3 is 9.15 Å². The van der Waals surface area contributed by atoms with Crippen LogP contribution in [0.5, 0.6) is 0 Å². The summed E-state index contributed by atoms with van der Waals surface area (Å²) >= 11 is 0. The van der Waals surface area contributed by atoms with Crippen LogP contribution in [0.15, 0.2) is 34.7 Å². The van der Waals surface area contributed by atoms with Crippen molar-refractivity contribution in [2.24, 2.45) is 0 Å². The number of Topliss-reactive ketones (excluding diaryl/α,β-unsaturated/α-hetero) is 1. The smallest absolute Gasteiger partial charge is 0.338 e. The van der Waals surface area contributed by atoms with Gasteiger partial charge in [-0.25, -0.2) is 4.79 Å². The number of ketones is 1. The molecule has 0 fully saturated rings. The Bertz CT molecular complexity index is 635. The predicted molar refractivity (Wildman–Crippen MR) is 74.8 cm³/mol. The minimum Gasteiger partial charge on any atom is -0.462 e. The topological polar surface area (TPSA) is 56.5 Å². The first kappa shape index (κ1) is 14.1. The summed E-state index contributed by atoms with van der Waals surface area (Å²) in [6, 6.07) is 8.62. The molecule has 1 aromatic heterocycles. The van der Waals surface area contributed by atoms with E-state index in [1.54, 1.807) is 44.2 Å². The van der Waals surface area contributed by atoms with Crippen LogP contribution < -0.4 is 0 Å². The normalized spacial score (nSPS) is 10.3. The van der Waals surface area contributed by atoms with E-state index in [0.29, 0.717) is 29.3 Å². The molecule has 0 aliphatic carbocycles. The average Bonchev–Trinajstić information content (AvgIpc) is 2.81. The predicted octanol–water partition coefficient (Wildman–Crippen LogP) is 3.63. The number of carbonyl (C=O) groups excluding carboxylic acids is 2. The zero-order valence-electron chi connectivity index (χ0n) is 11.7. The standard InChI is InChI=1S/C16H16O4/c1-4-19-16(18)13-7-5-12(6-8-13)15-9-14(10(2)17)11(3)20-15/h5-9H,4H2,1-3H3. The van der Waals surface area contributed by atoms with Gasteiger partial charge in [-0.05, 0) is 39.0 Å². The number of hydrogen-bond donors (Lipinski definition) is 0. The fourth-order valence-electron chi connectivity index (χ4n) is 1.96. The van der Waals surface area contributed by atoms with Crippen LogP contribution in [0.4, 0.5) is 0 Å². The van der Waals surface area contributed by atoms with Crippen molar-refractivity contribution in [3.63, 3.8) is 0 Å². The third-order valence-electron chi connectivity index (χ3n) is 2.98. The SMILES string of the molecule is CCOC(=O)c1ccc(-c2cc(C(C)=O)c(C)o2)cc1. The minimum absolute atomic E-state index is 0.0272. The highest BCUT2D eigenvalue weighted by atomic mass is 16.5. The molecule has 104 valence electrons. The number of carbonyl (C=O) groups is 2. The molecule has 0 radical (unpaired) electrons. The van der Waals surface area contributed by atoms with E-state index < -0.39 is 0 Å². The number of hydrogen-bond acceptors (Lipinski definition) is 4. The quantitative estimate of drug-likeness (QED) is 0.630. The van der Waals surface area contributed by atoms with Crippen LogP contribution >= 0.6 is 0 Å². The molecule has 2 aromatic rings. The third kappa shape index (κ3) is 2.79. The molecule has 1 heterocycles. The van der Waals surface area contributed by atoms with Gasteiger partial charge in [-0.2, -0.15) is 0 Å². The molecule has 4 nitrogen and oxygen atoms in total. The zero-order chi connectivity index (χ0) is 14.7. The van der Waals surface area contributed by atoms with Crippen molar-refractivity contribution in [2.45, 2.75) is 20.8 Å². The number of furan rings is 1. The van der Waals surface area contributed by atoms with Crippen molar-refractivity contribution in [2.75, 3.05) is 6.61 Å². The molecule has 0 N–H and O–H groups in total. The zero-order valence-corrected chi connectivity index (χ0v) is 11.7. The summed E-state index contributed by atoms with van der Waals surface area (Å²) in [5.41, 5.74) is 1.88. The van der Waals surface area contributed by atoms with E-state index in [4.69, 9.17) is 9.15 Å². The van der Waals surface area contributed by atoms with Crippen LogP contribution in [0.3, 0.4) is 0 Å². The van der Waals surface area contributed by atoms with Crippen molar-refractivity contribution in [1.82, 2.24) is 0 Å². The first-order valence-electron chi connectivity index (χ1n) is 6.42. The summed E-state index contributed by atoms with van der Waals surface area (Å²) in [5, 5.41) is 0. The molecular weight excluding hydrogens is 256 g/mol. The lowest BCUT2D eigenvalue weighted by Crippen LogP contribution is -2.03. The summed E-state index contributed by atoms with van der Waals surface area (Å²) < 4.78 is 10.5. The second kappa shape index (κ2) is 5.74. The maximum Gasteiger partial charge on any atom is 0.338 e. The van der Waals surface area contributed by atoms with Gasteiger partial charge in [0.1, 0.15) is 11.5 Å². The number of ether oxygens (including phenoxy) is 1. The fourth-order valence-corrected chi connectivity index (χ4v) is 1.96. The minimum atomic E-state index is -0.348. The summed E-state index contributed by atoms with van der Waals surface area (Å²) in [6.07, 6.45) is 0. The second-order valence-electron chi connectivity index (χ2n) is 4.43. The highest BCUT2D eigenvalue weighted by Crippen LogP contribution is 2.26. The maximum absolute atomic E-state index is 11.5. The first-order chi connectivity index (χ1) is 9.52. The van der Waals surface area contributed by atoms with Crippen LogP contribution in [0, 0.1) is 6.92 Å². The van der Waals surface area contributed by atoms with Gasteiger partial charge in [0.15, 0.2) is 5.78 Å². The van der Waals surface area contributed by atoms with Gasteiger partial charge in [0.2, 0.25) is 0 Å². The highest BCUT2D eigenvalue weighted by Gasteiger charge is 2.13. The van der Waals surface area contributed by atoms with E-state index in [1.165, 1.54) is 6.92 Å². The molecule has 2 rings (SSSR count). The Morgan fingerprint density at radius 3 is 2.35 bits per heavy atom. The summed E-state index contributed by atoms with van der Waals surface area (Å²) in [6.45, 7) is 5.37. The summed E-state index contributed by atoms with van der Waals surface area (Å²) in [4.78, 5) is 23.0. The lowest BCUT2D eigenvalue weighted by molar-refractivity contribution is 0.0526. The van der Waals surface area contributed by atoms with E-state index in [1.807, 2.05) is 0 Å².